The maximum atomic E-state index is 13.9. The molecule has 0 unspecified atom stereocenters. The second-order valence-corrected chi connectivity index (χ2v) is 7.78. The van der Waals surface area contributed by atoms with E-state index in [0.717, 1.165) is 6.07 Å². The van der Waals surface area contributed by atoms with Gasteiger partial charge >= 0.3 is 0 Å². The SMILES string of the molecule is NC(=O)c1nn(-c2c(Cl)ccc(F)c2Cl)cc1Nc1ccc(C(=O)N2CCOCC2)cc1. The molecule has 2 heterocycles. The highest BCUT2D eigenvalue weighted by Gasteiger charge is 2.21. The van der Waals surface area contributed by atoms with E-state index in [-0.39, 0.29) is 33.0 Å². The summed E-state index contributed by atoms with van der Waals surface area (Å²) < 4.78 is 20.4. The van der Waals surface area contributed by atoms with Crippen LogP contribution < -0.4 is 11.1 Å². The number of carbonyl (C=O) groups is 2. The fourth-order valence-electron chi connectivity index (χ4n) is 3.29. The first-order valence-corrected chi connectivity index (χ1v) is 10.4. The number of hydrogen-bond acceptors (Lipinski definition) is 5. The van der Waals surface area contributed by atoms with Crippen molar-refractivity contribution < 1.29 is 18.7 Å². The molecule has 1 aliphatic heterocycles. The number of ether oxygens (including phenoxy) is 1. The number of hydrogen-bond donors (Lipinski definition) is 2. The Hall–Kier alpha value is -3.14. The van der Waals surface area contributed by atoms with Crippen LogP contribution in [0.2, 0.25) is 10.0 Å². The number of nitrogens with zero attached hydrogens (tertiary/aromatic N) is 3. The van der Waals surface area contributed by atoms with Crippen LogP contribution in [0.5, 0.6) is 0 Å². The van der Waals surface area contributed by atoms with Gasteiger partial charge in [-0.05, 0) is 36.4 Å². The van der Waals surface area contributed by atoms with Gasteiger partial charge in [-0.2, -0.15) is 5.10 Å². The monoisotopic (exact) mass is 477 g/mol. The van der Waals surface area contributed by atoms with Crippen molar-refractivity contribution in [2.24, 2.45) is 5.73 Å². The number of nitrogens with two attached hydrogens (primary N) is 1. The first-order valence-electron chi connectivity index (χ1n) is 9.62. The Morgan fingerprint density at radius 3 is 2.44 bits per heavy atom. The van der Waals surface area contributed by atoms with Crippen molar-refractivity contribution in [1.29, 1.82) is 0 Å². The van der Waals surface area contributed by atoms with E-state index in [0.29, 0.717) is 37.6 Å². The number of anilines is 2. The topological polar surface area (TPSA) is 102 Å². The summed E-state index contributed by atoms with van der Waals surface area (Å²) in [4.78, 5) is 26.2. The highest BCUT2D eigenvalue weighted by molar-refractivity contribution is 6.37. The number of halogens is 3. The van der Waals surface area contributed by atoms with Crippen LogP contribution >= 0.6 is 23.2 Å². The molecule has 0 atom stereocenters. The molecular weight excluding hydrogens is 460 g/mol. The summed E-state index contributed by atoms with van der Waals surface area (Å²) in [6, 6.07) is 9.20. The van der Waals surface area contributed by atoms with Crippen LogP contribution in [0.15, 0.2) is 42.6 Å². The van der Waals surface area contributed by atoms with E-state index in [1.165, 1.54) is 16.9 Å². The molecule has 0 saturated carbocycles. The minimum Gasteiger partial charge on any atom is -0.378 e. The van der Waals surface area contributed by atoms with Crippen molar-refractivity contribution in [1.82, 2.24) is 14.7 Å². The Kier molecular flexibility index (Phi) is 6.31. The highest BCUT2D eigenvalue weighted by Crippen LogP contribution is 2.32. The van der Waals surface area contributed by atoms with E-state index in [9.17, 15) is 14.0 Å². The van der Waals surface area contributed by atoms with Gasteiger partial charge in [0.05, 0.1) is 30.1 Å². The van der Waals surface area contributed by atoms with E-state index in [1.54, 1.807) is 29.2 Å². The second kappa shape index (κ2) is 9.15. The standard InChI is InChI=1S/C21H18Cl2FN5O3/c22-14-5-6-15(24)17(23)19(14)29-11-16(18(27-29)20(25)30)26-13-3-1-12(2-4-13)21(31)28-7-9-32-10-8-28/h1-6,11,26H,7-10H2,(H2,25,30). The molecule has 1 saturated heterocycles. The molecule has 8 nitrogen and oxygen atoms in total. The lowest BCUT2D eigenvalue weighted by atomic mass is 10.1. The maximum Gasteiger partial charge on any atom is 0.271 e. The number of rotatable bonds is 5. The average molecular weight is 478 g/mol. The number of nitrogens with one attached hydrogen (secondary N) is 1. The fraction of sp³-hybridized carbons (Fsp3) is 0.190. The quantitative estimate of drug-likeness (QED) is 0.546. The Bertz CT molecular complexity index is 1180. The molecule has 2 amide bonds. The van der Waals surface area contributed by atoms with Crippen LogP contribution in [-0.2, 0) is 4.74 Å². The predicted octanol–water partition coefficient (Wildman–Crippen LogP) is 3.63. The van der Waals surface area contributed by atoms with Crippen LogP contribution in [0.4, 0.5) is 15.8 Å². The predicted molar refractivity (Wildman–Crippen MR) is 119 cm³/mol. The van der Waals surface area contributed by atoms with Gasteiger partial charge in [0.1, 0.15) is 16.5 Å². The van der Waals surface area contributed by atoms with Crippen molar-refractivity contribution in [2.75, 3.05) is 31.6 Å². The average Bonchev–Trinajstić information content (AvgIpc) is 3.21. The Morgan fingerprint density at radius 1 is 1.09 bits per heavy atom. The number of aromatic nitrogens is 2. The second-order valence-electron chi connectivity index (χ2n) is 7.00. The van der Waals surface area contributed by atoms with Gasteiger partial charge in [-0.15, -0.1) is 0 Å². The van der Waals surface area contributed by atoms with E-state index in [4.69, 9.17) is 33.7 Å². The summed E-state index contributed by atoms with van der Waals surface area (Å²) in [5.41, 5.74) is 6.83. The first-order chi connectivity index (χ1) is 15.3. The smallest absolute Gasteiger partial charge is 0.271 e. The lowest BCUT2D eigenvalue weighted by Gasteiger charge is -2.26. The van der Waals surface area contributed by atoms with Crippen LogP contribution in [0.25, 0.3) is 5.69 Å². The van der Waals surface area contributed by atoms with Crippen molar-refractivity contribution >= 4 is 46.4 Å². The van der Waals surface area contributed by atoms with E-state index < -0.39 is 11.7 Å². The largest absolute Gasteiger partial charge is 0.378 e. The number of primary amides is 1. The van der Waals surface area contributed by atoms with Gasteiger partial charge in [0, 0.05) is 24.3 Å². The summed E-state index contributed by atoms with van der Waals surface area (Å²) in [5, 5.41) is 7.06. The lowest BCUT2D eigenvalue weighted by molar-refractivity contribution is 0.0303. The molecule has 0 spiro atoms. The third-order valence-electron chi connectivity index (χ3n) is 4.91. The number of amides is 2. The molecule has 166 valence electrons. The first kappa shape index (κ1) is 22.1. The molecule has 1 aromatic heterocycles. The highest BCUT2D eigenvalue weighted by atomic mass is 35.5. The van der Waals surface area contributed by atoms with E-state index in [2.05, 4.69) is 10.4 Å². The van der Waals surface area contributed by atoms with Gasteiger partial charge in [-0.3, -0.25) is 9.59 Å². The van der Waals surface area contributed by atoms with Gasteiger partial charge in [-0.25, -0.2) is 9.07 Å². The number of carbonyl (C=O) groups excluding carboxylic acids is 2. The van der Waals surface area contributed by atoms with Gasteiger partial charge < -0.3 is 20.7 Å². The van der Waals surface area contributed by atoms with Crippen molar-refractivity contribution in [3.8, 4) is 5.69 Å². The van der Waals surface area contributed by atoms with Gasteiger partial charge in [0.15, 0.2) is 5.69 Å². The normalized spacial score (nSPS) is 13.8. The van der Waals surface area contributed by atoms with Gasteiger partial charge in [0.25, 0.3) is 11.8 Å². The molecule has 0 bridgehead atoms. The Morgan fingerprint density at radius 2 is 1.78 bits per heavy atom. The summed E-state index contributed by atoms with van der Waals surface area (Å²) >= 11 is 12.2. The van der Waals surface area contributed by atoms with Crippen molar-refractivity contribution in [2.45, 2.75) is 0 Å². The van der Waals surface area contributed by atoms with Gasteiger partial charge in [0.2, 0.25) is 0 Å². The number of morpholine rings is 1. The summed E-state index contributed by atoms with van der Waals surface area (Å²) in [6.45, 7) is 2.13. The van der Waals surface area contributed by atoms with E-state index in [1.807, 2.05) is 0 Å². The molecule has 1 fully saturated rings. The van der Waals surface area contributed by atoms with Crippen molar-refractivity contribution in [3.63, 3.8) is 0 Å². The Balaban J connectivity index is 1.60. The number of benzene rings is 2. The third kappa shape index (κ3) is 4.40. The molecule has 4 rings (SSSR count). The molecule has 0 aliphatic carbocycles. The zero-order chi connectivity index (χ0) is 22.8. The van der Waals surface area contributed by atoms with Crippen LogP contribution in [0.3, 0.4) is 0 Å². The lowest BCUT2D eigenvalue weighted by Crippen LogP contribution is -2.40. The van der Waals surface area contributed by atoms with Gasteiger partial charge in [-0.1, -0.05) is 23.2 Å². The summed E-state index contributed by atoms with van der Waals surface area (Å²) in [6.07, 6.45) is 1.43. The maximum absolute atomic E-state index is 13.9. The summed E-state index contributed by atoms with van der Waals surface area (Å²) in [7, 11) is 0. The molecule has 32 heavy (non-hydrogen) atoms. The zero-order valence-electron chi connectivity index (χ0n) is 16.6. The molecule has 0 radical (unpaired) electrons. The fourth-order valence-corrected chi connectivity index (χ4v) is 3.83. The third-order valence-corrected chi connectivity index (χ3v) is 5.57. The molecule has 2 aromatic carbocycles. The molecular formula is C21H18Cl2FN5O3. The summed E-state index contributed by atoms with van der Waals surface area (Å²) in [5.74, 6) is -1.56. The Labute approximate surface area is 192 Å². The molecule has 3 N–H and O–H groups in total. The zero-order valence-corrected chi connectivity index (χ0v) is 18.2. The molecule has 1 aliphatic rings. The molecule has 11 heteroatoms. The molecule has 3 aromatic rings. The van der Waals surface area contributed by atoms with Crippen LogP contribution in [-0.4, -0.2) is 52.8 Å². The van der Waals surface area contributed by atoms with Crippen LogP contribution in [0.1, 0.15) is 20.8 Å². The minimum absolute atomic E-state index is 0.0790. The van der Waals surface area contributed by atoms with Crippen LogP contribution in [0, 0.1) is 5.82 Å². The minimum atomic E-state index is -0.797. The van der Waals surface area contributed by atoms with E-state index >= 15 is 0 Å². The van der Waals surface area contributed by atoms with Crippen molar-refractivity contribution in [3.05, 3.63) is 69.7 Å².